The lowest BCUT2D eigenvalue weighted by Crippen LogP contribution is -2.71. The number of fused-ring (bicyclic) bond motifs is 5. The molecule has 4 N–H and O–H groups in total. The lowest BCUT2D eigenvalue weighted by Gasteiger charge is -2.62. The van der Waals surface area contributed by atoms with Gasteiger partial charge < -0.3 is 20.4 Å². The molecule has 166 valence electrons. The summed E-state index contributed by atoms with van der Waals surface area (Å²) in [4.78, 5) is 24.4. The van der Waals surface area contributed by atoms with Crippen molar-refractivity contribution in [1.82, 2.24) is 0 Å². The average molecular weight is 447 g/mol. The highest BCUT2D eigenvalue weighted by molar-refractivity contribution is 6.44. The molecule has 0 aromatic carbocycles. The van der Waals surface area contributed by atoms with E-state index in [4.69, 9.17) is 11.6 Å². The third-order valence-corrected chi connectivity index (χ3v) is 8.77. The maximum Gasteiger partial charge on any atom is 0.196 e. The molecule has 0 aromatic rings. The fourth-order valence-corrected chi connectivity index (χ4v) is 7.17. The first-order valence-electron chi connectivity index (χ1n) is 9.99. The van der Waals surface area contributed by atoms with Crippen LogP contribution in [0.15, 0.2) is 22.8 Å². The highest BCUT2D eigenvalue weighted by Crippen LogP contribution is 2.70. The molecular weight excluding hydrogens is 422 g/mol. The minimum atomic E-state index is -2.44. The summed E-state index contributed by atoms with van der Waals surface area (Å²) in [6.07, 6.45) is -3.90. The smallest absolute Gasteiger partial charge is 0.196 e. The Labute approximate surface area is 177 Å². The first-order chi connectivity index (χ1) is 13.8. The summed E-state index contributed by atoms with van der Waals surface area (Å²) in [5, 5.41) is 41.8. The number of ketones is 2. The Bertz CT molecular complexity index is 891. The van der Waals surface area contributed by atoms with Crippen LogP contribution in [0.3, 0.4) is 0 Å². The molecule has 3 fully saturated rings. The summed E-state index contributed by atoms with van der Waals surface area (Å²) in [5.41, 5.74) is -8.14. The molecule has 0 radical (unpaired) electrons. The molecule has 9 heteroatoms. The van der Waals surface area contributed by atoms with Crippen LogP contribution in [0.2, 0.25) is 0 Å². The molecule has 3 saturated carbocycles. The van der Waals surface area contributed by atoms with Gasteiger partial charge in [0.2, 0.25) is 0 Å². The van der Waals surface area contributed by atoms with Crippen LogP contribution in [-0.4, -0.2) is 68.2 Å². The van der Waals surface area contributed by atoms with Gasteiger partial charge in [0.25, 0.3) is 0 Å². The van der Waals surface area contributed by atoms with Gasteiger partial charge in [0.05, 0.1) is 17.2 Å². The quantitative estimate of drug-likeness (QED) is 0.505. The van der Waals surface area contributed by atoms with Crippen LogP contribution >= 0.6 is 11.6 Å². The summed E-state index contributed by atoms with van der Waals surface area (Å²) in [6.45, 7) is 1.81. The Morgan fingerprint density at radius 1 is 1.23 bits per heavy atom. The van der Waals surface area contributed by atoms with Crippen LogP contribution in [-0.2, 0) is 9.59 Å². The van der Waals surface area contributed by atoms with Crippen molar-refractivity contribution in [2.24, 2.45) is 22.7 Å². The Kier molecular flexibility index (Phi) is 4.71. The van der Waals surface area contributed by atoms with Crippen molar-refractivity contribution in [1.29, 1.82) is 0 Å². The molecule has 0 bridgehead atoms. The number of carbonyl (C=O) groups is 2. The number of hydrogen-bond acceptors (Lipinski definition) is 6. The number of alkyl halides is 2. The van der Waals surface area contributed by atoms with E-state index in [1.165, 1.54) is 13.8 Å². The third-order valence-electron chi connectivity index (χ3n) is 8.48. The van der Waals surface area contributed by atoms with Gasteiger partial charge in [-0.25, -0.2) is 8.78 Å². The molecule has 0 spiro atoms. The van der Waals surface area contributed by atoms with Crippen LogP contribution in [0.4, 0.5) is 8.78 Å². The Morgan fingerprint density at radius 3 is 2.47 bits per heavy atom. The van der Waals surface area contributed by atoms with Crippen molar-refractivity contribution in [2.75, 3.05) is 6.61 Å². The van der Waals surface area contributed by atoms with Gasteiger partial charge in [0.15, 0.2) is 22.8 Å². The van der Waals surface area contributed by atoms with E-state index in [1.807, 2.05) is 0 Å². The summed E-state index contributed by atoms with van der Waals surface area (Å²) in [5.74, 6) is -3.69. The van der Waals surface area contributed by atoms with E-state index in [1.54, 1.807) is 0 Å². The second-order valence-corrected chi connectivity index (χ2v) is 9.99. The predicted octanol–water partition coefficient (Wildman–Crippen LogP) is 1.13. The number of Topliss-reactive ketones (excluding diaryl/α,β-unsaturated/α-hetero) is 1. The summed E-state index contributed by atoms with van der Waals surface area (Å²) < 4.78 is 32.2. The first kappa shape index (κ1) is 22.0. The number of aliphatic hydroxyl groups excluding tert-OH is 3. The molecule has 0 amide bonds. The molecular formula is C21H25ClF2O6. The fourth-order valence-electron chi connectivity index (χ4n) is 6.90. The van der Waals surface area contributed by atoms with Crippen LogP contribution in [0.25, 0.3) is 0 Å². The van der Waals surface area contributed by atoms with Crippen molar-refractivity contribution in [3.63, 3.8) is 0 Å². The molecule has 4 rings (SSSR count). The van der Waals surface area contributed by atoms with E-state index in [0.717, 1.165) is 12.2 Å². The third kappa shape index (κ3) is 2.26. The molecule has 4 aliphatic carbocycles. The zero-order valence-electron chi connectivity index (χ0n) is 16.6. The van der Waals surface area contributed by atoms with E-state index in [9.17, 15) is 30.0 Å². The molecule has 0 aromatic heterocycles. The largest absolute Gasteiger partial charge is 0.390 e. The van der Waals surface area contributed by atoms with Crippen LogP contribution in [0.1, 0.15) is 33.1 Å². The maximum absolute atomic E-state index is 16.9. The molecule has 6 nitrogen and oxygen atoms in total. The van der Waals surface area contributed by atoms with Crippen LogP contribution < -0.4 is 0 Å². The van der Waals surface area contributed by atoms with Crippen molar-refractivity contribution in [3.8, 4) is 0 Å². The lowest BCUT2D eigenvalue weighted by atomic mass is 9.44. The zero-order chi connectivity index (χ0) is 22.4. The molecule has 30 heavy (non-hydrogen) atoms. The summed E-state index contributed by atoms with van der Waals surface area (Å²) >= 11 is 5.98. The maximum atomic E-state index is 16.9. The number of aliphatic hydroxyl groups is 4. The van der Waals surface area contributed by atoms with Gasteiger partial charge in [-0.1, -0.05) is 18.5 Å². The predicted molar refractivity (Wildman–Crippen MR) is 102 cm³/mol. The molecule has 9 atom stereocenters. The summed E-state index contributed by atoms with van der Waals surface area (Å²) in [7, 11) is 0. The molecule has 0 saturated heterocycles. The van der Waals surface area contributed by atoms with Gasteiger partial charge in [-0.3, -0.25) is 9.59 Å². The number of hydrogen-bond donors (Lipinski definition) is 4. The summed E-state index contributed by atoms with van der Waals surface area (Å²) in [6, 6.07) is 0. The van der Waals surface area contributed by atoms with E-state index in [2.05, 4.69) is 0 Å². The molecule has 3 unspecified atom stereocenters. The topological polar surface area (TPSA) is 115 Å². The van der Waals surface area contributed by atoms with Gasteiger partial charge in [-0.2, -0.15) is 0 Å². The van der Waals surface area contributed by atoms with Crippen molar-refractivity contribution >= 4 is 23.2 Å². The standard InChI is InChI=1S/C21H25ClF2O6/c1-18-6-12(22)14(26)4-11(18)13(23)3-10-9-5-15(27)21(30,17(29)8-25)19(9,2)7-16(28)20(10,18)24/h4,6,9-10,13,15-16,25,27-28,30H,3,5,7-8H2,1-2H3/t9-,10-,13?,15?,16?,18-,19-,20-,21-/m0/s1. The second kappa shape index (κ2) is 6.42. The zero-order valence-corrected chi connectivity index (χ0v) is 17.4. The molecule has 0 heterocycles. The van der Waals surface area contributed by atoms with Crippen molar-refractivity contribution in [3.05, 3.63) is 22.8 Å². The number of halogens is 3. The molecule has 0 aliphatic heterocycles. The monoisotopic (exact) mass is 446 g/mol. The van der Waals surface area contributed by atoms with Gasteiger partial charge in [-0.15, -0.1) is 0 Å². The minimum Gasteiger partial charge on any atom is -0.390 e. The number of rotatable bonds is 2. The Balaban J connectivity index is 1.89. The van der Waals surface area contributed by atoms with Gasteiger partial charge in [-0.05, 0) is 49.8 Å². The SMILES string of the molecule is C[C@]12C=C(Cl)C(=O)C=C1C(F)C[C@H]1[C@@H]3CC(O)[C@](O)(C(=O)CO)[C@@]3(C)CC(O)[C@@]12F. The van der Waals surface area contributed by atoms with E-state index in [0.29, 0.717) is 0 Å². The van der Waals surface area contributed by atoms with E-state index >= 15 is 8.78 Å². The normalized spacial score (nSPS) is 52.7. The van der Waals surface area contributed by atoms with Gasteiger partial charge in [0, 0.05) is 16.7 Å². The van der Waals surface area contributed by atoms with Crippen LogP contribution in [0.5, 0.6) is 0 Å². The number of allylic oxidation sites excluding steroid dienone is 4. The average Bonchev–Trinajstić information content (AvgIpc) is 2.87. The minimum absolute atomic E-state index is 0.0986. The van der Waals surface area contributed by atoms with Crippen LogP contribution in [0, 0.1) is 22.7 Å². The van der Waals surface area contributed by atoms with E-state index in [-0.39, 0.29) is 23.4 Å². The molecule has 4 aliphatic rings. The Morgan fingerprint density at radius 2 is 1.87 bits per heavy atom. The first-order valence-corrected chi connectivity index (χ1v) is 10.4. The highest BCUT2D eigenvalue weighted by Gasteiger charge is 2.77. The second-order valence-electron chi connectivity index (χ2n) is 9.58. The lowest BCUT2D eigenvalue weighted by molar-refractivity contribution is -0.226. The Hall–Kier alpha value is -1.19. The van der Waals surface area contributed by atoms with Crippen molar-refractivity contribution < 1.29 is 38.8 Å². The van der Waals surface area contributed by atoms with Crippen molar-refractivity contribution in [2.45, 2.75) is 62.8 Å². The van der Waals surface area contributed by atoms with E-state index < -0.39 is 76.9 Å². The van der Waals surface area contributed by atoms with Gasteiger partial charge in [0.1, 0.15) is 12.8 Å². The fraction of sp³-hybridized carbons (Fsp3) is 0.714. The number of carbonyl (C=O) groups excluding carboxylic acids is 2. The van der Waals surface area contributed by atoms with Gasteiger partial charge >= 0.3 is 0 Å². The highest BCUT2D eigenvalue weighted by atomic mass is 35.5.